The third-order valence-electron chi connectivity index (χ3n) is 4.81. The molecule has 0 saturated carbocycles. The molecule has 26 heavy (non-hydrogen) atoms. The van der Waals surface area contributed by atoms with E-state index in [9.17, 15) is 18.0 Å². The predicted molar refractivity (Wildman–Crippen MR) is 93.5 cm³/mol. The van der Waals surface area contributed by atoms with Gasteiger partial charge in [0.05, 0.1) is 11.5 Å². The molecule has 2 unspecified atom stereocenters. The minimum absolute atomic E-state index is 0.0544. The highest BCUT2D eigenvalue weighted by Crippen LogP contribution is 2.34. The first-order valence-corrected chi connectivity index (χ1v) is 8.53. The number of hydrogen-bond acceptors (Lipinski definition) is 2. The van der Waals surface area contributed by atoms with Gasteiger partial charge in [-0.05, 0) is 17.2 Å². The van der Waals surface area contributed by atoms with Crippen LogP contribution in [0.5, 0.6) is 0 Å². The first kappa shape index (κ1) is 18.5. The Morgan fingerprint density at radius 1 is 1.12 bits per heavy atom. The van der Waals surface area contributed by atoms with Crippen LogP contribution in [0.3, 0.4) is 0 Å². The van der Waals surface area contributed by atoms with Crippen LogP contribution in [-0.4, -0.2) is 30.9 Å². The van der Waals surface area contributed by atoms with Crippen LogP contribution >= 0.6 is 0 Å². The number of amides is 1. The molecule has 1 heterocycles. The van der Waals surface area contributed by atoms with Crippen molar-refractivity contribution in [2.24, 2.45) is 5.92 Å². The van der Waals surface area contributed by atoms with Crippen molar-refractivity contribution in [3.8, 4) is 0 Å². The molecule has 1 aliphatic rings. The molecule has 0 aromatic heterocycles. The van der Waals surface area contributed by atoms with Crippen molar-refractivity contribution in [3.05, 3.63) is 71.3 Å². The zero-order valence-electron chi connectivity index (χ0n) is 14.5. The first-order valence-electron chi connectivity index (χ1n) is 8.53. The van der Waals surface area contributed by atoms with Crippen molar-refractivity contribution in [2.45, 2.75) is 18.6 Å². The van der Waals surface area contributed by atoms with Gasteiger partial charge in [-0.2, -0.15) is 13.2 Å². The van der Waals surface area contributed by atoms with E-state index in [1.165, 1.54) is 6.07 Å². The Balaban J connectivity index is 1.76. The van der Waals surface area contributed by atoms with Gasteiger partial charge in [0.25, 0.3) is 0 Å². The van der Waals surface area contributed by atoms with Gasteiger partial charge in [-0.3, -0.25) is 4.79 Å². The third-order valence-corrected chi connectivity index (χ3v) is 4.81. The summed E-state index contributed by atoms with van der Waals surface area (Å²) in [6.45, 7) is 1.45. The number of benzene rings is 2. The largest absolute Gasteiger partial charge is 0.416 e. The van der Waals surface area contributed by atoms with Gasteiger partial charge >= 0.3 is 6.18 Å². The van der Waals surface area contributed by atoms with Gasteiger partial charge in [0.2, 0.25) is 5.91 Å². The number of hydrogen-bond donors (Lipinski definition) is 1. The zero-order chi connectivity index (χ0) is 18.7. The second kappa shape index (κ2) is 7.50. The molecule has 3 nitrogen and oxygen atoms in total. The fraction of sp³-hybridized carbons (Fsp3) is 0.350. The van der Waals surface area contributed by atoms with Crippen LogP contribution in [-0.2, 0) is 17.5 Å². The highest BCUT2D eigenvalue weighted by atomic mass is 19.4. The average molecular weight is 362 g/mol. The number of halogens is 3. The Bertz CT molecular complexity index is 761. The number of rotatable bonds is 4. The van der Waals surface area contributed by atoms with Crippen molar-refractivity contribution < 1.29 is 18.0 Å². The van der Waals surface area contributed by atoms with E-state index in [1.807, 2.05) is 30.3 Å². The molecule has 2 atom stereocenters. The van der Waals surface area contributed by atoms with E-state index >= 15 is 0 Å². The van der Waals surface area contributed by atoms with E-state index in [1.54, 1.807) is 18.0 Å². The zero-order valence-corrected chi connectivity index (χ0v) is 14.5. The summed E-state index contributed by atoms with van der Waals surface area (Å²) in [5.41, 5.74) is 0.895. The van der Waals surface area contributed by atoms with Crippen molar-refractivity contribution in [2.75, 3.05) is 20.1 Å². The molecular formula is C20H21F3N2O. The molecule has 1 saturated heterocycles. The van der Waals surface area contributed by atoms with Crippen LogP contribution in [0.1, 0.15) is 22.6 Å². The molecule has 1 amide bonds. The molecule has 2 aromatic carbocycles. The van der Waals surface area contributed by atoms with Crippen molar-refractivity contribution in [1.29, 1.82) is 0 Å². The molecule has 2 aromatic rings. The van der Waals surface area contributed by atoms with Crippen LogP contribution < -0.4 is 5.32 Å². The maximum atomic E-state index is 13.0. The van der Waals surface area contributed by atoms with Gasteiger partial charge in [0.1, 0.15) is 0 Å². The minimum Gasteiger partial charge on any atom is -0.341 e. The van der Waals surface area contributed by atoms with Gasteiger partial charge in [-0.25, -0.2) is 0 Å². The van der Waals surface area contributed by atoms with Gasteiger partial charge < -0.3 is 10.2 Å². The number of carbonyl (C=O) groups excluding carboxylic acids is 1. The van der Waals surface area contributed by atoms with Gasteiger partial charge in [-0.15, -0.1) is 0 Å². The van der Waals surface area contributed by atoms with Crippen LogP contribution in [0.2, 0.25) is 0 Å². The summed E-state index contributed by atoms with van der Waals surface area (Å²) < 4.78 is 39.0. The molecule has 6 heteroatoms. The lowest BCUT2D eigenvalue weighted by Gasteiger charge is -2.25. The monoisotopic (exact) mass is 362 g/mol. The van der Waals surface area contributed by atoms with Crippen molar-refractivity contribution >= 4 is 5.91 Å². The van der Waals surface area contributed by atoms with Gasteiger partial charge in [0, 0.05) is 32.6 Å². The van der Waals surface area contributed by atoms with Crippen molar-refractivity contribution in [1.82, 2.24) is 10.2 Å². The SMILES string of the molecule is CN(Cc1ccccc1)C(=O)C1CNCC1c1cccc(C(F)(F)F)c1. The maximum Gasteiger partial charge on any atom is 0.416 e. The summed E-state index contributed by atoms with van der Waals surface area (Å²) in [5, 5.41) is 3.15. The van der Waals surface area contributed by atoms with E-state index in [4.69, 9.17) is 0 Å². The summed E-state index contributed by atoms with van der Waals surface area (Å²) in [6, 6.07) is 14.9. The Kier molecular flexibility index (Phi) is 5.32. The molecule has 0 bridgehead atoms. The van der Waals surface area contributed by atoms with Crippen LogP contribution in [0, 0.1) is 5.92 Å². The predicted octanol–water partition coefficient (Wildman–Crippen LogP) is 3.67. The van der Waals surface area contributed by atoms with E-state index in [0.29, 0.717) is 25.2 Å². The Morgan fingerprint density at radius 2 is 1.85 bits per heavy atom. The van der Waals surface area contributed by atoms with Crippen LogP contribution in [0.15, 0.2) is 54.6 Å². The maximum absolute atomic E-state index is 13.0. The number of carbonyl (C=O) groups is 1. The van der Waals surface area contributed by atoms with E-state index in [0.717, 1.165) is 17.7 Å². The summed E-state index contributed by atoms with van der Waals surface area (Å²) in [5.74, 6) is -0.684. The summed E-state index contributed by atoms with van der Waals surface area (Å²) in [4.78, 5) is 14.5. The van der Waals surface area contributed by atoms with E-state index in [-0.39, 0.29) is 17.7 Å². The molecule has 0 radical (unpaired) electrons. The highest BCUT2D eigenvalue weighted by molar-refractivity contribution is 5.80. The van der Waals surface area contributed by atoms with Crippen LogP contribution in [0.25, 0.3) is 0 Å². The first-order chi connectivity index (χ1) is 12.4. The normalized spacial score (nSPS) is 20.2. The van der Waals surface area contributed by atoms with Gasteiger partial charge in [0.15, 0.2) is 0 Å². The molecule has 0 spiro atoms. The minimum atomic E-state index is -4.38. The number of nitrogens with zero attached hydrogens (tertiary/aromatic N) is 1. The molecule has 1 aliphatic heterocycles. The standard InChI is InChI=1S/C20H21F3N2O/c1-25(13-14-6-3-2-4-7-14)19(26)18-12-24-11-17(18)15-8-5-9-16(10-15)20(21,22)23/h2-10,17-18,24H,11-13H2,1H3. The molecule has 0 aliphatic carbocycles. The third kappa shape index (κ3) is 4.07. The topological polar surface area (TPSA) is 32.3 Å². The lowest BCUT2D eigenvalue weighted by atomic mass is 9.87. The van der Waals surface area contributed by atoms with Gasteiger partial charge in [-0.1, -0.05) is 48.5 Å². The molecule has 1 fully saturated rings. The number of alkyl halides is 3. The Hall–Kier alpha value is -2.34. The fourth-order valence-electron chi connectivity index (χ4n) is 3.45. The summed E-state index contributed by atoms with van der Waals surface area (Å²) in [7, 11) is 1.73. The highest BCUT2D eigenvalue weighted by Gasteiger charge is 2.37. The Morgan fingerprint density at radius 3 is 2.54 bits per heavy atom. The molecule has 3 rings (SSSR count). The molecular weight excluding hydrogens is 341 g/mol. The smallest absolute Gasteiger partial charge is 0.341 e. The van der Waals surface area contributed by atoms with E-state index < -0.39 is 11.7 Å². The lowest BCUT2D eigenvalue weighted by Crippen LogP contribution is -2.35. The fourth-order valence-corrected chi connectivity index (χ4v) is 3.45. The van der Waals surface area contributed by atoms with Crippen molar-refractivity contribution in [3.63, 3.8) is 0 Å². The molecule has 1 N–H and O–H groups in total. The lowest BCUT2D eigenvalue weighted by molar-refractivity contribution is -0.137. The Labute approximate surface area is 150 Å². The van der Waals surface area contributed by atoms with E-state index in [2.05, 4.69) is 5.32 Å². The summed E-state index contributed by atoms with van der Waals surface area (Å²) >= 11 is 0. The summed E-state index contributed by atoms with van der Waals surface area (Å²) in [6.07, 6.45) is -4.38. The second-order valence-electron chi connectivity index (χ2n) is 6.67. The molecule has 138 valence electrons. The quantitative estimate of drug-likeness (QED) is 0.900. The number of nitrogens with one attached hydrogen (secondary N) is 1. The van der Waals surface area contributed by atoms with Crippen LogP contribution in [0.4, 0.5) is 13.2 Å². The second-order valence-corrected chi connectivity index (χ2v) is 6.67. The average Bonchev–Trinajstić information content (AvgIpc) is 3.11.